The lowest BCUT2D eigenvalue weighted by molar-refractivity contribution is 0.134. The van der Waals surface area contributed by atoms with Crippen molar-refractivity contribution in [2.24, 2.45) is 0 Å². The van der Waals surface area contributed by atoms with Crippen LogP contribution < -0.4 is 5.48 Å². The van der Waals surface area contributed by atoms with Crippen LogP contribution >= 0.6 is 0 Å². The van der Waals surface area contributed by atoms with Gasteiger partial charge in [-0.3, -0.25) is 0 Å². The van der Waals surface area contributed by atoms with E-state index in [2.05, 4.69) is 32.8 Å². The highest BCUT2D eigenvalue weighted by Gasteiger charge is 1.90. The second kappa shape index (κ2) is 20.0. The molecule has 1 N–H and O–H groups in total. The molecule has 0 spiro atoms. The number of hydroxylamine groups is 1. The van der Waals surface area contributed by atoms with Gasteiger partial charge in [-0.15, -0.1) is 0 Å². The first-order chi connectivity index (χ1) is 7.83. The van der Waals surface area contributed by atoms with E-state index in [0.717, 1.165) is 6.54 Å². The van der Waals surface area contributed by atoms with Gasteiger partial charge in [-0.25, -0.2) is 0 Å². The molecule has 0 aromatic rings. The third-order valence-corrected chi connectivity index (χ3v) is 2.05. The van der Waals surface area contributed by atoms with Crippen molar-refractivity contribution in [3.05, 3.63) is 12.8 Å². The van der Waals surface area contributed by atoms with Gasteiger partial charge in [0.25, 0.3) is 0 Å². The van der Waals surface area contributed by atoms with E-state index >= 15 is 0 Å². The summed E-state index contributed by atoms with van der Waals surface area (Å²) in [6, 6.07) is 0. The van der Waals surface area contributed by atoms with Gasteiger partial charge in [-0.1, -0.05) is 72.3 Å². The number of hydrogen-bond donors (Lipinski definition) is 1. The van der Waals surface area contributed by atoms with Crippen molar-refractivity contribution in [3.63, 3.8) is 0 Å². The molecule has 98 valence electrons. The highest BCUT2D eigenvalue weighted by atomic mass is 16.6. The molecule has 0 atom stereocenters. The summed E-state index contributed by atoms with van der Waals surface area (Å²) in [5.74, 6) is 0. The summed E-state index contributed by atoms with van der Waals surface area (Å²) in [7, 11) is 0. The molecule has 0 aromatic heterocycles. The van der Waals surface area contributed by atoms with Crippen LogP contribution in [0.3, 0.4) is 0 Å². The second-order valence-electron chi connectivity index (χ2n) is 4.01. The second-order valence-corrected chi connectivity index (χ2v) is 4.01. The maximum atomic E-state index is 4.79. The molecule has 0 heterocycles. The normalized spacial score (nSPS) is 9.19. The van der Waals surface area contributed by atoms with Gasteiger partial charge in [0.15, 0.2) is 0 Å². The monoisotopic (exact) mass is 229 g/mol. The van der Waals surface area contributed by atoms with Crippen molar-refractivity contribution in [3.8, 4) is 0 Å². The quantitative estimate of drug-likeness (QED) is 0.329. The van der Waals surface area contributed by atoms with Crippen molar-refractivity contribution in [1.29, 1.82) is 0 Å². The maximum Gasteiger partial charge on any atom is 0.104 e. The largest absolute Gasteiger partial charge is 0.417 e. The van der Waals surface area contributed by atoms with E-state index < -0.39 is 0 Å². The average Bonchev–Trinajstić information content (AvgIpc) is 2.28. The van der Waals surface area contributed by atoms with E-state index in [9.17, 15) is 0 Å². The van der Waals surface area contributed by atoms with Gasteiger partial charge in [-0.2, -0.15) is 5.48 Å². The van der Waals surface area contributed by atoms with Crippen LogP contribution in [0.15, 0.2) is 12.8 Å². The predicted molar refractivity (Wildman–Crippen MR) is 73.2 cm³/mol. The Morgan fingerprint density at radius 3 is 1.94 bits per heavy atom. The van der Waals surface area contributed by atoms with Crippen LogP contribution in [0.25, 0.3) is 0 Å². The average molecular weight is 229 g/mol. The minimum atomic E-state index is 0.930. The summed E-state index contributed by atoms with van der Waals surface area (Å²) in [6.07, 6.45) is 12.0. The van der Waals surface area contributed by atoms with Crippen LogP contribution in [-0.2, 0) is 4.84 Å². The van der Waals surface area contributed by atoms with Crippen molar-refractivity contribution in [1.82, 2.24) is 5.48 Å². The Morgan fingerprint density at radius 1 is 0.938 bits per heavy atom. The van der Waals surface area contributed by atoms with E-state index in [-0.39, 0.29) is 0 Å². The first-order valence-electron chi connectivity index (χ1n) is 6.82. The summed E-state index contributed by atoms with van der Waals surface area (Å²) >= 11 is 0. The lowest BCUT2D eigenvalue weighted by Gasteiger charge is -2.02. The van der Waals surface area contributed by atoms with E-state index in [0.29, 0.717) is 0 Å². The zero-order valence-electron chi connectivity index (χ0n) is 11.6. The summed E-state index contributed by atoms with van der Waals surface area (Å²) in [5.41, 5.74) is 2.82. The molecular formula is C14H31NO. The molecule has 16 heavy (non-hydrogen) atoms. The van der Waals surface area contributed by atoms with Crippen LogP contribution in [0.2, 0.25) is 0 Å². The van der Waals surface area contributed by atoms with Crippen LogP contribution in [0.1, 0.15) is 72.1 Å². The molecule has 0 saturated heterocycles. The first kappa shape index (κ1) is 17.9. The summed E-state index contributed by atoms with van der Waals surface area (Å²) in [4.78, 5) is 4.79. The smallest absolute Gasteiger partial charge is 0.104 e. The third kappa shape index (κ3) is 23.4. The molecule has 0 fully saturated rings. The highest BCUT2D eigenvalue weighted by molar-refractivity contribution is 4.48. The fourth-order valence-electron chi connectivity index (χ4n) is 1.27. The van der Waals surface area contributed by atoms with E-state index in [1.54, 1.807) is 0 Å². The summed E-state index contributed by atoms with van der Waals surface area (Å²) in [6.45, 7) is 10.9. The van der Waals surface area contributed by atoms with Crippen LogP contribution in [-0.4, -0.2) is 6.54 Å². The third-order valence-electron chi connectivity index (χ3n) is 2.05. The number of hydrogen-bond acceptors (Lipinski definition) is 2. The fraction of sp³-hybridized carbons (Fsp3) is 0.857. The molecule has 2 heteroatoms. The number of rotatable bonds is 10. The Labute approximate surface area is 102 Å². The molecule has 0 amide bonds. The van der Waals surface area contributed by atoms with E-state index in [1.807, 2.05) is 0 Å². The molecule has 2 nitrogen and oxygen atoms in total. The topological polar surface area (TPSA) is 21.3 Å². The first-order valence-corrected chi connectivity index (χ1v) is 6.82. The van der Waals surface area contributed by atoms with Crippen molar-refractivity contribution < 1.29 is 4.84 Å². The van der Waals surface area contributed by atoms with Gasteiger partial charge in [0, 0.05) is 6.54 Å². The SMILES string of the molecule is C=CONCCCCCCCCC.CCC. The van der Waals surface area contributed by atoms with E-state index in [1.165, 1.54) is 57.6 Å². The molecule has 0 aliphatic carbocycles. The standard InChI is InChI=1S/C11H23NO.C3H8/c1-3-5-6-7-8-9-10-11-12-13-4-2;1-3-2/h4,12H,2-3,5-11H2,1H3;3H2,1-2H3. The predicted octanol–water partition coefficient (Wildman–Crippen LogP) is 4.82. The van der Waals surface area contributed by atoms with Gasteiger partial charge < -0.3 is 4.84 Å². The lowest BCUT2D eigenvalue weighted by atomic mass is 10.1. The minimum absolute atomic E-state index is 0.930. The van der Waals surface area contributed by atoms with Gasteiger partial charge >= 0.3 is 0 Å². The Morgan fingerprint density at radius 2 is 1.44 bits per heavy atom. The molecular weight excluding hydrogens is 198 g/mol. The minimum Gasteiger partial charge on any atom is -0.417 e. The van der Waals surface area contributed by atoms with Gasteiger partial charge in [-0.05, 0) is 6.42 Å². The summed E-state index contributed by atoms with van der Waals surface area (Å²) in [5, 5.41) is 0. The molecule has 0 unspecified atom stereocenters. The van der Waals surface area contributed by atoms with Crippen LogP contribution in [0, 0.1) is 0 Å². The zero-order valence-corrected chi connectivity index (χ0v) is 11.6. The maximum absolute atomic E-state index is 4.79. The Hall–Kier alpha value is -0.500. The Bertz CT molecular complexity index is 115. The fourth-order valence-corrected chi connectivity index (χ4v) is 1.27. The molecule has 0 aromatic carbocycles. The summed E-state index contributed by atoms with van der Waals surface area (Å²) < 4.78 is 0. The lowest BCUT2D eigenvalue weighted by Crippen LogP contribution is -2.11. The molecule has 0 aliphatic rings. The van der Waals surface area contributed by atoms with Gasteiger partial charge in [0.1, 0.15) is 6.26 Å². The number of nitrogens with one attached hydrogen (secondary N) is 1. The van der Waals surface area contributed by atoms with Crippen molar-refractivity contribution in [2.75, 3.05) is 6.54 Å². The Balaban J connectivity index is 0. The van der Waals surface area contributed by atoms with Gasteiger partial charge in [0.2, 0.25) is 0 Å². The van der Waals surface area contributed by atoms with Crippen molar-refractivity contribution in [2.45, 2.75) is 72.1 Å². The highest BCUT2D eigenvalue weighted by Crippen LogP contribution is 2.06. The van der Waals surface area contributed by atoms with E-state index in [4.69, 9.17) is 4.84 Å². The van der Waals surface area contributed by atoms with Crippen LogP contribution in [0.5, 0.6) is 0 Å². The molecule has 0 radical (unpaired) electrons. The van der Waals surface area contributed by atoms with Crippen LogP contribution in [0.4, 0.5) is 0 Å². The molecule has 0 aliphatic heterocycles. The number of unbranched alkanes of at least 4 members (excludes halogenated alkanes) is 6. The Kier molecular flexibility index (Phi) is 22.3. The zero-order chi connectivity index (χ0) is 12.5. The van der Waals surface area contributed by atoms with Crippen molar-refractivity contribution >= 4 is 0 Å². The van der Waals surface area contributed by atoms with Gasteiger partial charge in [0.05, 0.1) is 0 Å². The molecule has 0 saturated carbocycles. The molecule has 0 bridgehead atoms. The molecule has 0 rings (SSSR count).